The topological polar surface area (TPSA) is 70.6 Å². The summed E-state index contributed by atoms with van der Waals surface area (Å²) in [5.41, 5.74) is 1.10. The van der Waals surface area contributed by atoms with Crippen LogP contribution in [-0.4, -0.2) is 51.3 Å². The largest absolute Gasteiger partial charge is 0.356 e. The number of halogens is 1. The van der Waals surface area contributed by atoms with E-state index < -0.39 is 9.84 Å². The lowest BCUT2D eigenvalue weighted by Crippen LogP contribution is -2.44. The SMILES string of the molecule is CN=C(NCCc1ccc(S(C)(=O)=O)cc1)NCC1(C)CCCS1.I. The number of sulfone groups is 1. The van der Waals surface area contributed by atoms with Crippen LogP contribution in [0.3, 0.4) is 0 Å². The maximum absolute atomic E-state index is 11.5. The summed E-state index contributed by atoms with van der Waals surface area (Å²) < 4.78 is 23.2. The Morgan fingerprint density at radius 1 is 1.28 bits per heavy atom. The van der Waals surface area contributed by atoms with Gasteiger partial charge in [0.2, 0.25) is 0 Å². The smallest absolute Gasteiger partial charge is 0.191 e. The van der Waals surface area contributed by atoms with E-state index in [-0.39, 0.29) is 24.0 Å². The molecule has 25 heavy (non-hydrogen) atoms. The van der Waals surface area contributed by atoms with Crippen molar-refractivity contribution in [3.8, 4) is 0 Å². The van der Waals surface area contributed by atoms with Gasteiger partial charge in [-0.15, -0.1) is 24.0 Å². The Kier molecular flexibility index (Phi) is 9.03. The van der Waals surface area contributed by atoms with Crippen LogP contribution in [0.15, 0.2) is 34.2 Å². The summed E-state index contributed by atoms with van der Waals surface area (Å²) in [5.74, 6) is 2.06. The molecule has 1 saturated heterocycles. The Hall–Kier alpha value is -0.480. The van der Waals surface area contributed by atoms with Crippen molar-refractivity contribution in [3.05, 3.63) is 29.8 Å². The first-order chi connectivity index (χ1) is 11.3. The van der Waals surface area contributed by atoms with E-state index >= 15 is 0 Å². The highest BCUT2D eigenvalue weighted by Crippen LogP contribution is 2.36. The van der Waals surface area contributed by atoms with Crippen LogP contribution < -0.4 is 10.6 Å². The first-order valence-electron chi connectivity index (χ1n) is 8.20. The van der Waals surface area contributed by atoms with Gasteiger partial charge in [0.05, 0.1) is 4.90 Å². The van der Waals surface area contributed by atoms with Crippen molar-refractivity contribution in [2.45, 2.75) is 35.8 Å². The van der Waals surface area contributed by atoms with Gasteiger partial charge >= 0.3 is 0 Å². The van der Waals surface area contributed by atoms with Crippen molar-refractivity contribution < 1.29 is 8.42 Å². The fourth-order valence-corrected chi connectivity index (χ4v) is 4.57. The van der Waals surface area contributed by atoms with Crippen molar-refractivity contribution >= 4 is 51.5 Å². The number of thioether (sulfide) groups is 1. The first kappa shape index (κ1) is 22.6. The van der Waals surface area contributed by atoms with Gasteiger partial charge in [0.1, 0.15) is 0 Å². The summed E-state index contributed by atoms with van der Waals surface area (Å²) in [6, 6.07) is 7.06. The second-order valence-electron chi connectivity index (χ2n) is 6.42. The summed E-state index contributed by atoms with van der Waals surface area (Å²) in [6.45, 7) is 3.97. The lowest BCUT2D eigenvalue weighted by molar-refractivity contribution is 0.584. The molecule has 0 aromatic heterocycles. The van der Waals surface area contributed by atoms with Gasteiger partial charge in [0, 0.05) is 31.1 Å². The molecule has 0 aliphatic carbocycles. The van der Waals surface area contributed by atoms with E-state index in [9.17, 15) is 8.42 Å². The maximum Gasteiger partial charge on any atom is 0.191 e. The Balaban J connectivity index is 0.00000312. The van der Waals surface area contributed by atoms with Gasteiger partial charge in [0.25, 0.3) is 0 Å². The molecular formula is C17H28IN3O2S2. The van der Waals surface area contributed by atoms with E-state index in [1.54, 1.807) is 19.2 Å². The molecule has 2 N–H and O–H groups in total. The van der Waals surface area contributed by atoms with E-state index in [4.69, 9.17) is 0 Å². The minimum absolute atomic E-state index is 0. The van der Waals surface area contributed by atoms with Crippen LogP contribution in [0, 0.1) is 0 Å². The number of hydrogen-bond acceptors (Lipinski definition) is 4. The third-order valence-corrected chi connectivity index (χ3v) is 6.88. The Morgan fingerprint density at radius 3 is 2.48 bits per heavy atom. The second-order valence-corrected chi connectivity index (χ2v) is 10.1. The van der Waals surface area contributed by atoms with Gasteiger partial charge in [-0.25, -0.2) is 8.42 Å². The zero-order valence-electron chi connectivity index (χ0n) is 15.0. The van der Waals surface area contributed by atoms with Crippen LogP contribution in [0.2, 0.25) is 0 Å². The Bertz CT molecular complexity index is 670. The maximum atomic E-state index is 11.5. The molecule has 1 aromatic rings. The van der Waals surface area contributed by atoms with E-state index in [0.29, 0.717) is 9.64 Å². The number of guanidine groups is 1. The molecule has 0 saturated carbocycles. The van der Waals surface area contributed by atoms with Gasteiger partial charge in [-0.2, -0.15) is 11.8 Å². The molecule has 1 aliphatic heterocycles. The number of aliphatic imine (C=N–C) groups is 1. The number of nitrogens with one attached hydrogen (secondary N) is 2. The highest BCUT2D eigenvalue weighted by Gasteiger charge is 2.29. The summed E-state index contributed by atoms with van der Waals surface area (Å²) >= 11 is 2.03. The zero-order chi connectivity index (χ0) is 17.6. The monoisotopic (exact) mass is 497 g/mol. The van der Waals surface area contributed by atoms with Gasteiger partial charge in [-0.1, -0.05) is 12.1 Å². The van der Waals surface area contributed by atoms with Crippen LogP contribution in [0.25, 0.3) is 0 Å². The number of rotatable bonds is 6. The summed E-state index contributed by atoms with van der Waals surface area (Å²) in [7, 11) is -1.35. The minimum Gasteiger partial charge on any atom is -0.356 e. The molecule has 5 nitrogen and oxygen atoms in total. The fraction of sp³-hybridized carbons (Fsp3) is 0.588. The highest BCUT2D eigenvalue weighted by atomic mass is 127. The van der Waals surface area contributed by atoms with Crippen LogP contribution in [-0.2, 0) is 16.3 Å². The van der Waals surface area contributed by atoms with Gasteiger partial charge in [0.15, 0.2) is 15.8 Å². The number of benzene rings is 1. The Labute approximate surface area is 172 Å². The van der Waals surface area contributed by atoms with Gasteiger partial charge in [-0.05, 0) is 49.6 Å². The number of nitrogens with zero attached hydrogens (tertiary/aromatic N) is 1. The van der Waals surface area contributed by atoms with Crippen LogP contribution in [0.5, 0.6) is 0 Å². The molecule has 0 bridgehead atoms. The predicted octanol–water partition coefficient (Wildman–Crippen LogP) is 2.70. The molecule has 0 amide bonds. The van der Waals surface area contributed by atoms with Crippen molar-refractivity contribution in [1.29, 1.82) is 0 Å². The molecule has 2 rings (SSSR count). The standard InChI is InChI=1S/C17H27N3O2S2.HI/c1-17(10-4-12-23-17)13-20-16(18-2)19-11-9-14-5-7-15(8-6-14)24(3,21)22;/h5-8H,4,9-13H2,1-3H3,(H2,18,19,20);1H. The third-order valence-electron chi connectivity index (χ3n) is 4.21. The summed E-state index contributed by atoms with van der Waals surface area (Å²) in [5, 5.41) is 6.72. The average molecular weight is 497 g/mol. The van der Waals surface area contributed by atoms with E-state index in [1.807, 2.05) is 23.9 Å². The lowest BCUT2D eigenvalue weighted by atomic mass is 10.1. The Morgan fingerprint density at radius 2 is 1.96 bits per heavy atom. The predicted molar refractivity (Wildman–Crippen MR) is 118 cm³/mol. The summed E-state index contributed by atoms with van der Waals surface area (Å²) in [6.07, 6.45) is 4.58. The molecule has 1 fully saturated rings. The van der Waals surface area contributed by atoms with Crippen LogP contribution in [0.4, 0.5) is 0 Å². The second kappa shape index (κ2) is 10.0. The van der Waals surface area contributed by atoms with Crippen molar-refractivity contribution in [2.75, 3.05) is 32.1 Å². The van der Waals surface area contributed by atoms with Crippen LogP contribution in [0.1, 0.15) is 25.3 Å². The molecule has 1 atom stereocenters. The van der Waals surface area contributed by atoms with E-state index in [1.165, 1.54) is 24.9 Å². The molecule has 1 heterocycles. The quantitative estimate of drug-likeness (QED) is 0.360. The molecule has 1 aliphatic rings. The lowest BCUT2D eigenvalue weighted by Gasteiger charge is -2.24. The molecule has 0 spiro atoms. The van der Waals surface area contributed by atoms with E-state index in [2.05, 4.69) is 22.5 Å². The normalized spacial score (nSPS) is 20.8. The van der Waals surface area contributed by atoms with Crippen molar-refractivity contribution in [1.82, 2.24) is 10.6 Å². The van der Waals surface area contributed by atoms with Crippen molar-refractivity contribution in [2.24, 2.45) is 4.99 Å². The molecule has 0 radical (unpaired) electrons. The van der Waals surface area contributed by atoms with Crippen LogP contribution >= 0.6 is 35.7 Å². The molecule has 142 valence electrons. The third kappa shape index (κ3) is 7.34. The summed E-state index contributed by atoms with van der Waals surface area (Å²) in [4.78, 5) is 4.62. The van der Waals surface area contributed by atoms with E-state index in [0.717, 1.165) is 31.0 Å². The molecule has 1 unspecified atom stereocenters. The average Bonchev–Trinajstić information content (AvgIpc) is 2.97. The fourth-order valence-electron chi connectivity index (χ4n) is 2.70. The minimum atomic E-state index is -3.13. The first-order valence-corrected chi connectivity index (χ1v) is 11.1. The molecule has 8 heteroatoms. The van der Waals surface area contributed by atoms with Gasteiger partial charge in [-0.3, -0.25) is 4.99 Å². The molecular weight excluding hydrogens is 469 g/mol. The van der Waals surface area contributed by atoms with Gasteiger partial charge < -0.3 is 10.6 Å². The zero-order valence-corrected chi connectivity index (χ0v) is 19.0. The molecule has 1 aromatic carbocycles. The number of hydrogen-bond donors (Lipinski definition) is 2. The highest BCUT2D eigenvalue weighted by molar-refractivity contribution is 14.0. The van der Waals surface area contributed by atoms with Crippen molar-refractivity contribution in [3.63, 3.8) is 0 Å².